The number of benzene rings is 1. The smallest absolute Gasteiger partial charge is 0.257 e. The molecule has 0 aliphatic heterocycles. The first-order valence-electron chi connectivity index (χ1n) is 8.03. The van der Waals surface area contributed by atoms with Gasteiger partial charge in [0.05, 0.1) is 16.4 Å². The highest BCUT2D eigenvalue weighted by molar-refractivity contribution is 6.32. The molecule has 0 fully saturated rings. The number of halogens is 4. The number of alkyl halides is 3. The van der Waals surface area contributed by atoms with Gasteiger partial charge in [0.1, 0.15) is 5.56 Å². The monoisotopic (exact) mass is 368 g/mol. The minimum Gasteiger partial charge on any atom is -0.257 e. The Hall–Kier alpha value is -1.88. The molecule has 0 aliphatic carbocycles. The fraction of sp³-hybridized carbons (Fsp3) is 0.368. The lowest BCUT2D eigenvalue weighted by atomic mass is 9.97. The van der Waals surface area contributed by atoms with Gasteiger partial charge in [-0.05, 0) is 49.9 Å². The van der Waals surface area contributed by atoms with E-state index < -0.39 is 11.7 Å². The average molecular weight is 369 g/mol. The Kier molecular flexibility index (Phi) is 5.88. The topological polar surface area (TPSA) is 25.2 Å². The van der Waals surface area contributed by atoms with Gasteiger partial charge in [-0.25, -0.2) is 0 Å². The molecule has 0 saturated carbocycles. The summed E-state index contributed by atoms with van der Waals surface area (Å²) in [6, 6.07) is 6.58. The Morgan fingerprint density at radius 1 is 1.32 bits per heavy atom. The lowest BCUT2D eigenvalue weighted by Crippen LogP contribution is -2.10. The van der Waals surface area contributed by atoms with E-state index in [0.29, 0.717) is 22.5 Å². The van der Waals surface area contributed by atoms with Crippen molar-refractivity contribution >= 4 is 23.0 Å². The molecule has 134 valence electrons. The third-order valence-electron chi connectivity index (χ3n) is 4.34. The molecule has 0 saturated heterocycles. The summed E-state index contributed by atoms with van der Waals surface area (Å²) in [6.45, 7) is 7.28. The van der Waals surface area contributed by atoms with Crippen LogP contribution in [0.3, 0.4) is 0 Å². The molecule has 1 atom stereocenters. The molecule has 0 amide bonds. The second-order valence-corrected chi connectivity index (χ2v) is 6.44. The van der Waals surface area contributed by atoms with Crippen LogP contribution in [0.15, 0.2) is 35.5 Å². The SMILES string of the molecule is CCC(C)C(C)=Nc1c(C)c(-c2ccccn2)cc(Cl)c1C(F)(F)F. The molecule has 1 unspecified atom stereocenters. The maximum atomic E-state index is 13.6. The van der Waals surface area contributed by atoms with Gasteiger partial charge in [-0.2, -0.15) is 13.2 Å². The van der Waals surface area contributed by atoms with Crippen LogP contribution in [0.1, 0.15) is 38.3 Å². The van der Waals surface area contributed by atoms with Crippen molar-refractivity contribution in [2.24, 2.45) is 10.9 Å². The molecule has 0 aliphatic rings. The van der Waals surface area contributed by atoms with E-state index in [1.807, 2.05) is 13.8 Å². The first kappa shape index (κ1) is 19.4. The summed E-state index contributed by atoms with van der Waals surface area (Å²) in [5.41, 5.74) is 1.15. The van der Waals surface area contributed by atoms with Crippen molar-refractivity contribution in [3.63, 3.8) is 0 Å². The van der Waals surface area contributed by atoms with Crippen LogP contribution in [0.4, 0.5) is 18.9 Å². The second-order valence-electron chi connectivity index (χ2n) is 6.03. The highest BCUT2D eigenvalue weighted by Gasteiger charge is 2.38. The summed E-state index contributed by atoms with van der Waals surface area (Å²) >= 11 is 6.02. The van der Waals surface area contributed by atoms with Gasteiger partial charge in [0.2, 0.25) is 0 Å². The number of nitrogens with zero attached hydrogens (tertiary/aromatic N) is 2. The van der Waals surface area contributed by atoms with Crippen molar-refractivity contribution in [1.82, 2.24) is 4.98 Å². The van der Waals surface area contributed by atoms with Gasteiger partial charge in [0, 0.05) is 17.5 Å². The van der Waals surface area contributed by atoms with Crippen LogP contribution < -0.4 is 0 Å². The summed E-state index contributed by atoms with van der Waals surface area (Å²) < 4.78 is 40.8. The quantitative estimate of drug-likeness (QED) is 0.540. The molecule has 2 aromatic rings. The minimum atomic E-state index is -4.58. The van der Waals surface area contributed by atoms with E-state index in [0.717, 1.165) is 6.42 Å². The van der Waals surface area contributed by atoms with Crippen LogP contribution in [-0.2, 0) is 6.18 Å². The minimum absolute atomic E-state index is 0.0813. The van der Waals surface area contributed by atoms with E-state index in [9.17, 15) is 13.2 Å². The van der Waals surface area contributed by atoms with Crippen LogP contribution in [0.25, 0.3) is 11.3 Å². The molecule has 6 heteroatoms. The zero-order valence-electron chi connectivity index (χ0n) is 14.6. The number of aliphatic imine (C=N–C) groups is 1. The van der Waals surface area contributed by atoms with Gasteiger partial charge in [-0.3, -0.25) is 9.98 Å². The lowest BCUT2D eigenvalue weighted by Gasteiger charge is -2.19. The molecule has 25 heavy (non-hydrogen) atoms. The number of rotatable bonds is 4. The maximum absolute atomic E-state index is 13.6. The van der Waals surface area contributed by atoms with Gasteiger partial charge in [0.25, 0.3) is 0 Å². The number of aromatic nitrogens is 1. The second kappa shape index (κ2) is 7.56. The van der Waals surface area contributed by atoms with E-state index in [4.69, 9.17) is 11.6 Å². The van der Waals surface area contributed by atoms with E-state index in [1.54, 1.807) is 38.2 Å². The summed E-state index contributed by atoms with van der Waals surface area (Å²) in [5.74, 6) is 0.0813. The molecular weight excluding hydrogens is 349 g/mol. The van der Waals surface area contributed by atoms with Crippen molar-refractivity contribution in [3.05, 3.63) is 46.6 Å². The zero-order chi connectivity index (χ0) is 18.8. The summed E-state index contributed by atoms with van der Waals surface area (Å²) in [4.78, 5) is 8.55. The predicted octanol–water partition coefficient (Wildman–Crippen LogP) is 6.87. The fourth-order valence-electron chi connectivity index (χ4n) is 2.51. The Balaban J connectivity index is 2.79. The molecule has 0 spiro atoms. The van der Waals surface area contributed by atoms with Crippen LogP contribution in [0, 0.1) is 12.8 Å². The molecule has 0 bridgehead atoms. The molecular formula is C19H20ClF3N2. The fourth-order valence-corrected chi connectivity index (χ4v) is 2.82. The number of hydrogen-bond acceptors (Lipinski definition) is 2. The first-order chi connectivity index (χ1) is 11.7. The van der Waals surface area contributed by atoms with Crippen LogP contribution >= 0.6 is 11.6 Å². The number of hydrogen-bond donors (Lipinski definition) is 0. The van der Waals surface area contributed by atoms with Gasteiger partial charge in [0.15, 0.2) is 0 Å². The maximum Gasteiger partial charge on any atom is 0.419 e. The molecule has 2 rings (SSSR count). The van der Waals surface area contributed by atoms with Crippen molar-refractivity contribution in [2.45, 2.75) is 40.3 Å². The number of pyridine rings is 1. The van der Waals surface area contributed by atoms with Crippen molar-refractivity contribution in [2.75, 3.05) is 0 Å². The largest absolute Gasteiger partial charge is 0.419 e. The van der Waals surface area contributed by atoms with Crippen LogP contribution in [-0.4, -0.2) is 10.7 Å². The molecule has 1 aromatic carbocycles. The van der Waals surface area contributed by atoms with Crippen LogP contribution in [0.5, 0.6) is 0 Å². The molecule has 1 aromatic heterocycles. The Morgan fingerprint density at radius 2 is 2.00 bits per heavy atom. The third-order valence-corrected chi connectivity index (χ3v) is 4.64. The normalized spacial score (nSPS) is 13.8. The third kappa shape index (κ3) is 4.21. The van der Waals surface area contributed by atoms with Crippen molar-refractivity contribution in [3.8, 4) is 11.3 Å². The molecule has 1 heterocycles. The van der Waals surface area contributed by atoms with E-state index >= 15 is 0 Å². The molecule has 2 nitrogen and oxygen atoms in total. The lowest BCUT2D eigenvalue weighted by molar-refractivity contribution is -0.136. The average Bonchev–Trinajstić information content (AvgIpc) is 2.56. The van der Waals surface area contributed by atoms with Crippen molar-refractivity contribution < 1.29 is 13.2 Å². The van der Waals surface area contributed by atoms with Gasteiger partial charge < -0.3 is 0 Å². The summed E-state index contributed by atoms with van der Waals surface area (Å²) in [5, 5.41) is -0.366. The van der Waals surface area contributed by atoms with E-state index in [2.05, 4.69) is 9.98 Å². The highest BCUT2D eigenvalue weighted by atomic mass is 35.5. The van der Waals surface area contributed by atoms with Crippen LogP contribution in [0.2, 0.25) is 5.02 Å². The predicted molar refractivity (Wildman–Crippen MR) is 96.6 cm³/mol. The molecule has 0 N–H and O–H groups in total. The summed E-state index contributed by atoms with van der Waals surface area (Å²) in [6.07, 6.45) is -2.20. The standard InChI is InChI=1S/C19H20ClF3N2/c1-5-11(2)13(4)25-18-12(3)14(16-8-6-7-9-24-16)10-15(20)17(18)19(21,22)23/h6-11H,5H2,1-4H3. The zero-order valence-corrected chi connectivity index (χ0v) is 15.3. The van der Waals surface area contributed by atoms with E-state index in [1.165, 1.54) is 6.07 Å². The van der Waals surface area contributed by atoms with Crippen molar-refractivity contribution in [1.29, 1.82) is 0 Å². The first-order valence-corrected chi connectivity index (χ1v) is 8.41. The molecule has 0 radical (unpaired) electrons. The Bertz CT molecular complexity index is 783. The van der Waals surface area contributed by atoms with Gasteiger partial charge in [-0.15, -0.1) is 0 Å². The van der Waals surface area contributed by atoms with Gasteiger partial charge in [-0.1, -0.05) is 31.5 Å². The van der Waals surface area contributed by atoms with E-state index in [-0.39, 0.29) is 16.6 Å². The Morgan fingerprint density at radius 3 is 2.52 bits per heavy atom. The van der Waals surface area contributed by atoms with Gasteiger partial charge >= 0.3 is 6.18 Å². The Labute approximate surface area is 150 Å². The summed E-state index contributed by atoms with van der Waals surface area (Å²) in [7, 11) is 0. The highest BCUT2D eigenvalue weighted by Crippen LogP contribution is 2.46.